The average Bonchev–Trinajstić information content (AvgIpc) is 2.47. The highest BCUT2D eigenvalue weighted by molar-refractivity contribution is 5.43. The molecule has 0 amide bonds. The van der Waals surface area contributed by atoms with Crippen molar-refractivity contribution in [2.45, 2.75) is 65.8 Å². The van der Waals surface area contributed by atoms with Crippen LogP contribution in [-0.2, 0) is 6.54 Å². The lowest BCUT2D eigenvalue weighted by Gasteiger charge is -2.21. The maximum absolute atomic E-state index is 2.43. The second-order valence-corrected chi connectivity index (χ2v) is 7.19. The van der Waals surface area contributed by atoms with Crippen LogP contribution >= 0.6 is 0 Å². The molecule has 0 aliphatic heterocycles. The van der Waals surface area contributed by atoms with E-state index < -0.39 is 0 Å². The third-order valence-corrected chi connectivity index (χ3v) is 4.37. The number of pyridine rings is 1. The molecule has 1 heterocycles. The van der Waals surface area contributed by atoms with E-state index >= 15 is 0 Å². The van der Waals surface area contributed by atoms with Crippen LogP contribution in [0.2, 0.25) is 0 Å². The Labute approximate surface area is 148 Å². The zero-order valence-electron chi connectivity index (χ0n) is 15.3. The molecule has 0 saturated carbocycles. The molecular weight excluding hydrogens is 302 g/mol. The van der Waals surface area contributed by atoms with Crippen LogP contribution in [0.1, 0.15) is 81.5 Å². The maximum atomic E-state index is 2.43. The Morgan fingerprint density at radius 2 is 1.22 bits per heavy atom. The molecule has 0 spiro atoms. The van der Waals surface area contributed by atoms with Gasteiger partial charge in [0.25, 0.3) is 0 Å². The first kappa shape index (κ1) is 19.7. The van der Waals surface area contributed by atoms with E-state index in [0.717, 1.165) is 6.54 Å². The van der Waals surface area contributed by atoms with E-state index in [0.29, 0.717) is 17.8 Å². The number of hydrogen-bond acceptors (Lipinski definition) is 0. The molecule has 0 saturated heterocycles. The second-order valence-electron chi connectivity index (χ2n) is 7.19. The molecule has 1 aromatic heterocycles. The number of aromatic nitrogens is 1. The predicted molar refractivity (Wildman–Crippen MR) is 94.4 cm³/mol. The summed E-state index contributed by atoms with van der Waals surface area (Å²) in [6.45, 7) is 14.8. The van der Waals surface area contributed by atoms with Gasteiger partial charge in [0, 0.05) is 17.7 Å². The minimum atomic E-state index is 0. The molecule has 2 aromatic rings. The van der Waals surface area contributed by atoms with Crippen LogP contribution < -0.4 is 17.0 Å². The summed E-state index contributed by atoms with van der Waals surface area (Å²) in [6.07, 6.45) is 4.31. The highest BCUT2D eigenvalue weighted by Gasteiger charge is 2.19. The van der Waals surface area contributed by atoms with Crippen LogP contribution in [0.15, 0.2) is 42.7 Å². The predicted octanol–water partition coefficient (Wildman–Crippen LogP) is 2.40. The third kappa shape index (κ3) is 4.81. The second kappa shape index (κ2) is 8.49. The Balaban J connectivity index is 0.00000264. The fourth-order valence-corrected chi connectivity index (χ4v) is 3.01. The van der Waals surface area contributed by atoms with Crippen molar-refractivity contribution in [3.05, 3.63) is 65.0 Å². The van der Waals surface area contributed by atoms with E-state index in [1.807, 2.05) is 0 Å². The van der Waals surface area contributed by atoms with Gasteiger partial charge in [0.15, 0.2) is 18.9 Å². The van der Waals surface area contributed by atoms with E-state index in [-0.39, 0.29) is 12.4 Å². The normalized spacial score (nSPS) is 11.2. The van der Waals surface area contributed by atoms with E-state index in [9.17, 15) is 0 Å². The smallest absolute Gasteiger partial charge is 0.174 e. The summed E-state index contributed by atoms with van der Waals surface area (Å²) in [4.78, 5) is 0. The first-order valence-corrected chi connectivity index (χ1v) is 8.50. The van der Waals surface area contributed by atoms with Gasteiger partial charge >= 0.3 is 0 Å². The lowest BCUT2D eigenvalue weighted by molar-refractivity contribution is -0.688. The molecule has 1 aromatic carbocycles. The summed E-state index contributed by atoms with van der Waals surface area (Å²) >= 11 is 0. The zero-order chi connectivity index (χ0) is 16.3. The van der Waals surface area contributed by atoms with Crippen molar-refractivity contribution in [1.29, 1.82) is 0 Å². The van der Waals surface area contributed by atoms with Gasteiger partial charge in [-0.1, -0.05) is 59.7 Å². The molecule has 0 aliphatic rings. The SMILES string of the molecule is CC(C)c1cc(C(C)C)c(C[n+]2ccccc2)c(C(C)C)c1.[Cl-]. The first-order valence-electron chi connectivity index (χ1n) is 8.50. The number of hydrogen-bond donors (Lipinski definition) is 0. The van der Waals surface area contributed by atoms with Crippen molar-refractivity contribution in [3.63, 3.8) is 0 Å². The van der Waals surface area contributed by atoms with Gasteiger partial charge in [-0.05, 0) is 34.4 Å². The Morgan fingerprint density at radius 1 is 0.739 bits per heavy atom. The van der Waals surface area contributed by atoms with Gasteiger partial charge in [-0.25, -0.2) is 4.57 Å². The summed E-state index contributed by atoms with van der Waals surface area (Å²) in [5.41, 5.74) is 5.98. The first-order chi connectivity index (χ1) is 10.4. The highest BCUT2D eigenvalue weighted by atomic mass is 35.5. The Morgan fingerprint density at radius 3 is 1.61 bits per heavy atom. The fraction of sp³-hybridized carbons (Fsp3) is 0.476. The summed E-state index contributed by atoms with van der Waals surface area (Å²) in [5.74, 6) is 1.68. The number of nitrogens with zero attached hydrogens (tertiary/aromatic N) is 1. The maximum Gasteiger partial charge on any atom is 0.174 e. The molecule has 0 atom stereocenters. The van der Waals surface area contributed by atoms with Crippen molar-refractivity contribution in [1.82, 2.24) is 0 Å². The van der Waals surface area contributed by atoms with E-state index in [4.69, 9.17) is 0 Å². The summed E-state index contributed by atoms with van der Waals surface area (Å²) in [5, 5.41) is 0. The van der Waals surface area contributed by atoms with Gasteiger partial charge in [0.1, 0.15) is 0 Å². The van der Waals surface area contributed by atoms with Gasteiger partial charge in [-0.3, -0.25) is 0 Å². The largest absolute Gasteiger partial charge is 1.00 e. The number of benzene rings is 1. The monoisotopic (exact) mass is 331 g/mol. The highest BCUT2D eigenvalue weighted by Crippen LogP contribution is 2.31. The Hall–Kier alpha value is -1.34. The van der Waals surface area contributed by atoms with E-state index in [1.165, 1.54) is 22.3 Å². The van der Waals surface area contributed by atoms with Gasteiger partial charge in [-0.2, -0.15) is 0 Å². The minimum Gasteiger partial charge on any atom is -1.00 e. The van der Waals surface area contributed by atoms with Gasteiger partial charge < -0.3 is 12.4 Å². The van der Waals surface area contributed by atoms with Crippen molar-refractivity contribution < 1.29 is 17.0 Å². The van der Waals surface area contributed by atoms with Crippen LogP contribution in [-0.4, -0.2) is 0 Å². The number of rotatable bonds is 5. The van der Waals surface area contributed by atoms with Crippen molar-refractivity contribution in [3.8, 4) is 0 Å². The minimum absolute atomic E-state index is 0. The summed E-state index contributed by atoms with van der Waals surface area (Å²) in [7, 11) is 0. The summed E-state index contributed by atoms with van der Waals surface area (Å²) < 4.78 is 2.28. The Kier molecular flexibility index (Phi) is 7.28. The van der Waals surface area contributed by atoms with E-state index in [2.05, 4.69) is 88.8 Å². The molecule has 126 valence electrons. The summed E-state index contributed by atoms with van der Waals surface area (Å²) in [6, 6.07) is 11.1. The van der Waals surface area contributed by atoms with Crippen LogP contribution in [0, 0.1) is 0 Å². The van der Waals surface area contributed by atoms with Gasteiger partial charge in [0.2, 0.25) is 0 Å². The molecule has 23 heavy (non-hydrogen) atoms. The molecule has 0 bridgehead atoms. The quantitative estimate of drug-likeness (QED) is 0.741. The molecule has 0 unspecified atom stereocenters. The molecule has 0 radical (unpaired) electrons. The molecule has 2 heteroatoms. The van der Waals surface area contributed by atoms with Crippen LogP contribution in [0.4, 0.5) is 0 Å². The molecule has 1 nitrogen and oxygen atoms in total. The molecule has 0 N–H and O–H groups in total. The molecule has 0 aliphatic carbocycles. The lowest BCUT2D eigenvalue weighted by Crippen LogP contribution is -3.00. The molecule has 0 fully saturated rings. The van der Waals surface area contributed by atoms with Gasteiger partial charge in [-0.15, -0.1) is 0 Å². The number of halogens is 1. The van der Waals surface area contributed by atoms with Crippen molar-refractivity contribution in [2.75, 3.05) is 0 Å². The third-order valence-electron chi connectivity index (χ3n) is 4.37. The van der Waals surface area contributed by atoms with Crippen LogP contribution in [0.25, 0.3) is 0 Å². The van der Waals surface area contributed by atoms with Crippen molar-refractivity contribution >= 4 is 0 Å². The standard InChI is InChI=1S/C21H30N.ClH/c1-15(2)18-12-19(16(3)4)21(20(13-18)17(5)6)14-22-10-8-7-9-11-22;/h7-13,15-17H,14H2,1-6H3;1H/q+1;/p-1. The van der Waals surface area contributed by atoms with Gasteiger partial charge in [0.05, 0.1) is 0 Å². The average molecular weight is 332 g/mol. The zero-order valence-corrected chi connectivity index (χ0v) is 16.1. The fourth-order valence-electron chi connectivity index (χ4n) is 3.01. The molecule has 2 rings (SSSR count). The van der Waals surface area contributed by atoms with E-state index in [1.54, 1.807) is 0 Å². The lowest BCUT2D eigenvalue weighted by atomic mass is 9.84. The van der Waals surface area contributed by atoms with Crippen molar-refractivity contribution in [2.24, 2.45) is 0 Å². The van der Waals surface area contributed by atoms with Crippen LogP contribution in [0.5, 0.6) is 0 Å². The van der Waals surface area contributed by atoms with Crippen LogP contribution in [0.3, 0.4) is 0 Å². The topological polar surface area (TPSA) is 3.88 Å². The molecular formula is C21H30ClN. The Bertz CT molecular complexity index is 586.